The van der Waals surface area contributed by atoms with Crippen LogP contribution in [-0.4, -0.2) is 18.4 Å². The Morgan fingerprint density at radius 2 is 1.77 bits per heavy atom. The summed E-state index contributed by atoms with van der Waals surface area (Å²) in [5.41, 5.74) is 4.97. The molecule has 3 aromatic rings. The van der Waals surface area contributed by atoms with E-state index in [2.05, 4.69) is 11.4 Å². The SMILES string of the molecule is Cc1c(Cl)cccc1C(=O)N1CCc2cc([C@@H](C)NC(=O)c3ccc(Cl)cc3)ccc21. The summed E-state index contributed by atoms with van der Waals surface area (Å²) < 4.78 is 0. The molecule has 0 aromatic heterocycles. The Labute approximate surface area is 191 Å². The molecular formula is C25H22Cl2N2O2. The predicted molar refractivity (Wildman–Crippen MR) is 125 cm³/mol. The van der Waals surface area contributed by atoms with Gasteiger partial charge in [0.2, 0.25) is 0 Å². The van der Waals surface area contributed by atoms with Gasteiger partial charge in [0.15, 0.2) is 0 Å². The van der Waals surface area contributed by atoms with Crippen molar-refractivity contribution in [2.45, 2.75) is 26.3 Å². The lowest BCUT2D eigenvalue weighted by molar-refractivity contribution is 0.0938. The molecule has 1 atom stereocenters. The summed E-state index contributed by atoms with van der Waals surface area (Å²) in [6, 6.07) is 18.0. The van der Waals surface area contributed by atoms with Gasteiger partial charge in [-0.3, -0.25) is 9.59 Å². The summed E-state index contributed by atoms with van der Waals surface area (Å²) in [7, 11) is 0. The highest BCUT2D eigenvalue weighted by atomic mass is 35.5. The highest BCUT2D eigenvalue weighted by molar-refractivity contribution is 6.32. The lowest BCUT2D eigenvalue weighted by Gasteiger charge is -2.20. The van der Waals surface area contributed by atoms with Crippen LogP contribution in [0.1, 0.15) is 50.4 Å². The molecule has 158 valence electrons. The first kappa shape index (κ1) is 21.4. The zero-order valence-corrected chi connectivity index (χ0v) is 18.8. The maximum absolute atomic E-state index is 13.1. The van der Waals surface area contributed by atoms with E-state index in [0.717, 1.165) is 28.8 Å². The molecule has 1 aliphatic rings. The van der Waals surface area contributed by atoms with E-state index in [4.69, 9.17) is 23.2 Å². The molecule has 0 bridgehead atoms. The van der Waals surface area contributed by atoms with Crippen molar-refractivity contribution in [2.75, 3.05) is 11.4 Å². The highest BCUT2D eigenvalue weighted by Gasteiger charge is 2.27. The smallest absolute Gasteiger partial charge is 0.258 e. The number of amides is 2. The zero-order chi connectivity index (χ0) is 22.1. The van der Waals surface area contributed by atoms with Gasteiger partial charge >= 0.3 is 0 Å². The van der Waals surface area contributed by atoms with Crippen molar-refractivity contribution >= 4 is 40.7 Å². The second kappa shape index (κ2) is 8.74. The van der Waals surface area contributed by atoms with Crippen molar-refractivity contribution in [3.8, 4) is 0 Å². The van der Waals surface area contributed by atoms with Gasteiger partial charge in [-0.1, -0.05) is 41.4 Å². The Kier molecular flexibility index (Phi) is 6.03. The summed E-state index contributed by atoms with van der Waals surface area (Å²) in [5, 5.41) is 4.20. The normalized spacial score (nSPS) is 13.6. The molecule has 1 N–H and O–H groups in total. The third-order valence-corrected chi connectivity index (χ3v) is 6.36. The van der Waals surface area contributed by atoms with E-state index in [1.54, 1.807) is 41.3 Å². The van der Waals surface area contributed by atoms with Gasteiger partial charge < -0.3 is 10.2 Å². The van der Waals surface area contributed by atoms with E-state index < -0.39 is 0 Å². The van der Waals surface area contributed by atoms with E-state index in [0.29, 0.717) is 27.7 Å². The third kappa shape index (κ3) is 4.32. The van der Waals surface area contributed by atoms with Crippen LogP contribution < -0.4 is 10.2 Å². The van der Waals surface area contributed by atoms with Crippen LogP contribution in [0.5, 0.6) is 0 Å². The first-order chi connectivity index (χ1) is 14.8. The number of carbonyl (C=O) groups is 2. The van der Waals surface area contributed by atoms with Crippen LogP contribution in [0.2, 0.25) is 10.0 Å². The summed E-state index contributed by atoms with van der Waals surface area (Å²) in [6.45, 7) is 4.43. The molecule has 3 aromatic carbocycles. The summed E-state index contributed by atoms with van der Waals surface area (Å²) in [4.78, 5) is 27.4. The maximum Gasteiger partial charge on any atom is 0.258 e. The topological polar surface area (TPSA) is 49.4 Å². The van der Waals surface area contributed by atoms with Crippen LogP contribution in [-0.2, 0) is 6.42 Å². The number of hydrogen-bond donors (Lipinski definition) is 1. The second-order valence-electron chi connectivity index (χ2n) is 7.71. The largest absolute Gasteiger partial charge is 0.346 e. The number of hydrogen-bond acceptors (Lipinski definition) is 2. The minimum atomic E-state index is -0.173. The van der Waals surface area contributed by atoms with Gasteiger partial charge in [0.05, 0.1) is 6.04 Å². The summed E-state index contributed by atoms with van der Waals surface area (Å²) in [6.07, 6.45) is 0.770. The third-order valence-electron chi connectivity index (χ3n) is 5.70. The van der Waals surface area contributed by atoms with Crippen molar-refractivity contribution in [2.24, 2.45) is 0 Å². The minimum Gasteiger partial charge on any atom is -0.346 e. The standard InChI is InChI=1S/C25H22Cl2N2O2/c1-15-21(4-3-5-22(15)27)25(31)29-13-12-19-14-18(8-11-23(19)29)16(2)28-24(30)17-6-9-20(26)10-7-17/h3-11,14,16H,12-13H2,1-2H3,(H,28,30)/t16-/m1/s1. The molecule has 4 nitrogen and oxygen atoms in total. The Bertz CT molecular complexity index is 1160. The number of benzene rings is 3. The number of halogens is 2. The highest BCUT2D eigenvalue weighted by Crippen LogP contribution is 2.33. The van der Waals surface area contributed by atoms with Gasteiger partial charge in [0.25, 0.3) is 11.8 Å². The van der Waals surface area contributed by atoms with E-state index in [1.807, 2.05) is 32.0 Å². The fraction of sp³-hybridized carbons (Fsp3) is 0.200. The molecule has 0 radical (unpaired) electrons. The van der Waals surface area contributed by atoms with Crippen molar-refractivity contribution in [1.29, 1.82) is 0 Å². The molecule has 0 saturated carbocycles. The molecule has 1 aliphatic heterocycles. The Balaban J connectivity index is 1.51. The van der Waals surface area contributed by atoms with Crippen LogP contribution >= 0.6 is 23.2 Å². The average molecular weight is 453 g/mol. The lowest BCUT2D eigenvalue weighted by Crippen LogP contribution is -2.29. The lowest BCUT2D eigenvalue weighted by atomic mass is 10.0. The van der Waals surface area contributed by atoms with Gasteiger partial charge in [0, 0.05) is 33.4 Å². The molecule has 0 unspecified atom stereocenters. The summed E-state index contributed by atoms with van der Waals surface area (Å²) in [5.74, 6) is -0.200. The van der Waals surface area contributed by atoms with Crippen molar-refractivity contribution in [3.05, 3.63) is 98.5 Å². The van der Waals surface area contributed by atoms with Gasteiger partial charge in [-0.15, -0.1) is 0 Å². The molecule has 2 amide bonds. The van der Waals surface area contributed by atoms with E-state index in [9.17, 15) is 9.59 Å². The number of carbonyl (C=O) groups excluding carboxylic acids is 2. The minimum absolute atomic E-state index is 0.0458. The van der Waals surface area contributed by atoms with Gasteiger partial charge in [0.1, 0.15) is 0 Å². The Morgan fingerprint density at radius 3 is 2.52 bits per heavy atom. The fourth-order valence-corrected chi connectivity index (χ4v) is 4.15. The molecule has 1 heterocycles. The molecule has 0 spiro atoms. The Hall–Kier alpha value is -2.82. The van der Waals surface area contributed by atoms with Gasteiger partial charge in [-0.05, 0) is 79.4 Å². The fourth-order valence-electron chi connectivity index (χ4n) is 3.85. The van der Waals surface area contributed by atoms with E-state index >= 15 is 0 Å². The van der Waals surface area contributed by atoms with E-state index in [-0.39, 0.29) is 17.9 Å². The number of nitrogens with one attached hydrogen (secondary N) is 1. The van der Waals surface area contributed by atoms with Crippen LogP contribution in [0, 0.1) is 6.92 Å². The van der Waals surface area contributed by atoms with Crippen LogP contribution in [0.3, 0.4) is 0 Å². The number of anilines is 1. The van der Waals surface area contributed by atoms with E-state index in [1.165, 1.54) is 0 Å². The Morgan fingerprint density at radius 1 is 1.03 bits per heavy atom. The maximum atomic E-state index is 13.1. The quantitative estimate of drug-likeness (QED) is 0.527. The van der Waals surface area contributed by atoms with Crippen molar-refractivity contribution in [1.82, 2.24) is 5.32 Å². The van der Waals surface area contributed by atoms with Gasteiger partial charge in [-0.2, -0.15) is 0 Å². The molecule has 4 rings (SSSR count). The van der Waals surface area contributed by atoms with Crippen LogP contribution in [0.4, 0.5) is 5.69 Å². The predicted octanol–water partition coefficient (Wildman–Crippen LogP) is 6.00. The summed E-state index contributed by atoms with van der Waals surface area (Å²) >= 11 is 12.1. The van der Waals surface area contributed by atoms with Crippen LogP contribution in [0.15, 0.2) is 60.7 Å². The van der Waals surface area contributed by atoms with Crippen molar-refractivity contribution in [3.63, 3.8) is 0 Å². The molecule has 31 heavy (non-hydrogen) atoms. The monoisotopic (exact) mass is 452 g/mol. The molecular weight excluding hydrogens is 431 g/mol. The first-order valence-corrected chi connectivity index (χ1v) is 10.9. The second-order valence-corrected chi connectivity index (χ2v) is 8.55. The van der Waals surface area contributed by atoms with Crippen LogP contribution in [0.25, 0.3) is 0 Å². The first-order valence-electron chi connectivity index (χ1n) is 10.1. The molecule has 0 fully saturated rings. The number of rotatable bonds is 4. The average Bonchev–Trinajstić information content (AvgIpc) is 3.19. The molecule has 6 heteroatoms. The van der Waals surface area contributed by atoms with Crippen molar-refractivity contribution < 1.29 is 9.59 Å². The van der Waals surface area contributed by atoms with Gasteiger partial charge in [-0.25, -0.2) is 0 Å². The zero-order valence-electron chi connectivity index (χ0n) is 17.3. The molecule has 0 aliphatic carbocycles. The number of fused-ring (bicyclic) bond motifs is 1. The number of nitrogens with zero attached hydrogens (tertiary/aromatic N) is 1. The molecule has 0 saturated heterocycles.